The van der Waals surface area contributed by atoms with Gasteiger partial charge in [0, 0.05) is 22.8 Å². The summed E-state index contributed by atoms with van der Waals surface area (Å²) in [5, 5.41) is 3.69. The monoisotopic (exact) mass is 494 g/mol. The van der Waals surface area contributed by atoms with Crippen molar-refractivity contribution >= 4 is 50.2 Å². The number of fused-ring (bicyclic) bond motifs is 1. The molecule has 0 aliphatic carbocycles. The highest BCUT2D eigenvalue weighted by molar-refractivity contribution is 9.10. The van der Waals surface area contributed by atoms with Crippen molar-refractivity contribution in [3.63, 3.8) is 0 Å². The van der Waals surface area contributed by atoms with Crippen LogP contribution in [0, 0.1) is 0 Å². The number of H-pyrrole nitrogens is 1. The van der Waals surface area contributed by atoms with Crippen LogP contribution in [-0.2, 0) is 22.4 Å². The summed E-state index contributed by atoms with van der Waals surface area (Å²) in [5.74, 6) is -0.858. The van der Waals surface area contributed by atoms with Crippen molar-refractivity contribution in [2.75, 3.05) is 5.32 Å². The SMILES string of the molecule is O=C(Cc1ccc(NC(=O)c2ccc(Br)o2)cc1)NNC(=O)Cc1c[nH]c2ccccc12. The van der Waals surface area contributed by atoms with Crippen LogP contribution in [0.1, 0.15) is 21.7 Å². The van der Waals surface area contributed by atoms with Crippen molar-refractivity contribution < 1.29 is 18.8 Å². The fourth-order valence-corrected chi connectivity index (χ4v) is 3.51. The lowest BCUT2D eigenvalue weighted by Crippen LogP contribution is -2.43. The first kappa shape index (κ1) is 21.4. The molecular formula is C23H19BrN4O4. The molecule has 0 saturated carbocycles. The Bertz CT molecular complexity index is 1280. The summed E-state index contributed by atoms with van der Waals surface area (Å²) in [4.78, 5) is 39.6. The third-order valence-electron chi connectivity index (χ3n) is 4.74. The number of hydrogen-bond donors (Lipinski definition) is 4. The summed E-state index contributed by atoms with van der Waals surface area (Å²) in [6.45, 7) is 0. The molecule has 0 aliphatic heterocycles. The summed E-state index contributed by atoms with van der Waals surface area (Å²) in [6, 6.07) is 17.7. The molecule has 0 spiro atoms. The Labute approximate surface area is 191 Å². The minimum Gasteiger partial charge on any atom is -0.444 e. The third-order valence-corrected chi connectivity index (χ3v) is 5.17. The summed E-state index contributed by atoms with van der Waals surface area (Å²) < 4.78 is 5.68. The zero-order valence-electron chi connectivity index (χ0n) is 16.8. The molecule has 4 aromatic rings. The quantitative estimate of drug-likeness (QED) is 0.305. The van der Waals surface area contributed by atoms with E-state index in [2.05, 4.69) is 37.1 Å². The number of aromatic amines is 1. The lowest BCUT2D eigenvalue weighted by Gasteiger charge is -2.08. The van der Waals surface area contributed by atoms with E-state index in [0.717, 1.165) is 22.0 Å². The molecule has 9 heteroatoms. The first-order chi connectivity index (χ1) is 15.5. The molecule has 0 aliphatic rings. The number of rotatable bonds is 6. The van der Waals surface area contributed by atoms with Crippen molar-refractivity contribution in [1.82, 2.24) is 15.8 Å². The van der Waals surface area contributed by atoms with Gasteiger partial charge in [-0.2, -0.15) is 0 Å². The maximum atomic E-state index is 12.2. The number of para-hydroxylation sites is 1. The normalized spacial score (nSPS) is 10.7. The number of hydrogen-bond acceptors (Lipinski definition) is 4. The second-order valence-electron chi connectivity index (χ2n) is 7.06. The molecule has 3 amide bonds. The number of carbonyl (C=O) groups is 3. The lowest BCUT2D eigenvalue weighted by atomic mass is 10.1. The van der Waals surface area contributed by atoms with Crippen molar-refractivity contribution in [2.45, 2.75) is 12.8 Å². The van der Waals surface area contributed by atoms with Gasteiger partial charge < -0.3 is 14.7 Å². The smallest absolute Gasteiger partial charge is 0.291 e. The van der Waals surface area contributed by atoms with Crippen LogP contribution in [0.4, 0.5) is 5.69 Å². The highest BCUT2D eigenvalue weighted by Crippen LogP contribution is 2.18. The first-order valence-corrected chi connectivity index (χ1v) is 10.6. The lowest BCUT2D eigenvalue weighted by molar-refractivity contribution is -0.128. The van der Waals surface area contributed by atoms with Crippen molar-refractivity contribution in [2.24, 2.45) is 0 Å². The van der Waals surface area contributed by atoms with Crippen LogP contribution >= 0.6 is 15.9 Å². The van der Waals surface area contributed by atoms with E-state index in [1.165, 1.54) is 0 Å². The number of amides is 3. The van der Waals surface area contributed by atoms with Gasteiger partial charge in [0.15, 0.2) is 10.4 Å². The molecule has 162 valence electrons. The highest BCUT2D eigenvalue weighted by Gasteiger charge is 2.12. The van der Waals surface area contributed by atoms with Crippen LogP contribution < -0.4 is 16.2 Å². The van der Waals surface area contributed by atoms with Crippen LogP contribution in [0.25, 0.3) is 10.9 Å². The minimum atomic E-state index is -0.376. The van der Waals surface area contributed by atoms with Crippen LogP contribution in [0.2, 0.25) is 0 Å². The van der Waals surface area contributed by atoms with Crippen LogP contribution in [0.15, 0.2) is 75.9 Å². The summed E-state index contributed by atoms with van der Waals surface area (Å²) in [5.41, 5.74) is 7.97. The van der Waals surface area contributed by atoms with Gasteiger partial charge in [-0.05, 0) is 57.4 Å². The largest absolute Gasteiger partial charge is 0.444 e. The van der Waals surface area contributed by atoms with Gasteiger partial charge in [-0.3, -0.25) is 25.2 Å². The highest BCUT2D eigenvalue weighted by atomic mass is 79.9. The molecule has 2 heterocycles. The van der Waals surface area contributed by atoms with E-state index in [1.807, 2.05) is 24.3 Å². The predicted octanol–water partition coefficient (Wildman–Crippen LogP) is 3.71. The van der Waals surface area contributed by atoms with E-state index in [1.54, 1.807) is 42.6 Å². The van der Waals surface area contributed by atoms with Crippen LogP contribution in [0.3, 0.4) is 0 Å². The zero-order valence-corrected chi connectivity index (χ0v) is 18.4. The number of furan rings is 1. The summed E-state index contributed by atoms with van der Waals surface area (Å²) in [6.07, 6.45) is 2.01. The van der Waals surface area contributed by atoms with Gasteiger partial charge in [0.25, 0.3) is 5.91 Å². The number of carbonyl (C=O) groups excluding carboxylic acids is 3. The fraction of sp³-hybridized carbons (Fsp3) is 0.0870. The Kier molecular flexibility index (Phi) is 6.37. The number of halogens is 1. The van der Waals surface area contributed by atoms with E-state index in [4.69, 9.17) is 4.42 Å². The van der Waals surface area contributed by atoms with Crippen molar-refractivity contribution in [3.05, 3.63) is 88.4 Å². The number of benzene rings is 2. The van der Waals surface area contributed by atoms with E-state index in [0.29, 0.717) is 10.4 Å². The van der Waals surface area contributed by atoms with Gasteiger partial charge >= 0.3 is 0 Å². The topological polar surface area (TPSA) is 116 Å². The molecule has 0 atom stereocenters. The second-order valence-corrected chi connectivity index (χ2v) is 7.85. The van der Waals surface area contributed by atoms with E-state index < -0.39 is 0 Å². The third kappa shape index (κ3) is 5.25. The molecule has 32 heavy (non-hydrogen) atoms. The second kappa shape index (κ2) is 9.52. The van der Waals surface area contributed by atoms with E-state index in [9.17, 15) is 14.4 Å². The Hall–Kier alpha value is -3.85. The average Bonchev–Trinajstić information content (AvgIpc) is 3.40. The minimum absolute atomic E-state index is 0.0761. The number of anilines is 1. The van der Waals surface area contributed by atoms with Crippen LogP contribution in [0.5, 0.6) is 0 Å². The Morgan fingerprint density at radius 3 is 2.31 bits per heavy atom. The maximum Gasteiger partial charge on any atom is 0.291 e. The molecule has 0 radical (unpaired) electrons. The molecule has 0 bridgehead atoms. The molecule has 0 fully saturated rings. The van der Waals surface area contributed by atoms with Gasteiger partial charge in [0.05, 0.1) is 12.8 Å². The van der Waals surface area contributed by atoms with Gasteiger partial charge in [-0.1, -0.05) is 30.3 Å². The van der Waals surface area contributed by atoms with Crippen LogP contribution in [-0.4, -0.2) is 22.7 Å². The zero-order chi connectivity index (χ0) is 22.5. The molecule has 0 unspecified atom stereocenters. The molecule has 2 aromatic heterocycles. The Morgan fingerprint density at radius 2 is 1.59 bits per heavy atom. The van der Waals surface area contributed by atoms with E-state index >= 15 is 0 Å². The number of aromatic nitrogens is 1. The first-order valence-electron chi connectivity index (χ1n) is 9.76. The molecule has 4 N–H and O–H groups in total. The maximum absolute atomic E-state index is 12.2. The fourth-order valence-electron chi connectivity index (χ4n) is 3.20. The Balaban J connectivity index is 1.25. The molecule has 0 saturated heterocycles. The van der Waals surface area contributed by atoms with Gasteiger partial charge in [0.1, 0.15) is 0 Å². The van der Waals surface area contributed by atoms with Crippen molar-refractivity contribution in [1.29, 1.82) is 0 Å². The number of hydrazine groups is 1. The summed E-state index contributed by atoms with van der Waals surface area (Å²) in [7, 11) is 0. The Morgan fingerprint density at radius 1 is 0.875 bits per heavy atom. The summed E-state index contributed by atoms with van der Waals surface area (Å²) >= 11 is 3.15. The average molecular weight is 495 g/mol. The van der Waals surface area contributed by atoms with Gasteiger partial charge in [0.2, 0.25) is 11.8 Å². The molecule has 4 rings (SSSR count). The molecular weight excluding hydrogens is 476 g/mol. The van der Waals surface area contributed by atoms with Gasteiger partial charge in [-0.15, -0.1) is 0 Å². The predicted molar refractivity (Wildman–Crippen MR) is 123 cm³/mol. The van der Waals surface area contributed by atoms with Gasteiger partial charge in [-0.25, -0.2) is 0 Å². The molecule has 8 nitrogen and oxygen atoms in total. The standard InChI is InChI=1S/C23H19BrN4O4/c24-20-10-9-19(32-20)23(31)26-16-7-5-14(6-8-16)11-21(29)27-28-22(30)12-15-13-25-18-4-2-1-3-17(15)18/h1-10,13,25H,11-12H2,(H,26,31)(H,27,29)(H,28,30). The number of nitrogens with one attached hydrogen (secondary N) is 4. The van der Waals surface area contributed by atoms with Crippen molar-refractivity contribution in [3.8, 4) is 0 Å². The van der Waals surface area contributed by atoms with E-state index in [-0.39, 0.29) is 36.3 Å². The molecule has 2 aromatic carbocycles.